The largest absolute Gasteiger partial charge is 0.508 e. The molecule has 1 atom stereocenters. The molecule has 25 heavy (non-hydrogen) atoms. The molecule has 0 fully saturated rings. The summed E-state index contributed by atoms with van der Waals surface area (Å²) in [5, 5.41) is 13.2. The van der Waals surface area contributed by atoms with Crippen LogP contribution in [0.4, 0.5) is 0 Å². The maximum absolute atomic E-state index is 12.5. The number of aryl methyl sites for hydroxylation is 1. The highest BCUT2D eigenvalue weighted by molar-refractivity contribution is 5.77. The summed E-state index contributed by atoms with van der Waals surface area (Å²) < 4.78 is 5.24. The number of nitrogens with one attached hydrogen (secondary N) is 1. The Balaban J connectivity index is 1.81. The summed E-state index contributed by atoms with van der Waals surface area (Å²) in [6.07, 6.45) is 1.83. The van der Waals surface area contributed by atoms with Gasteiger partial charge in [-0.25, -0.2) is 0 Å². The Kier molecular flexibility index (Phi) is 5.19. The molecule has 128 valence electrons. The third-order valence-electron chi connectivity index (χ3n) is 4.19. The Morgan fingerprint density at radius 2 is 1.92 bits per heavy atom. The lowest BCUT2D eigenvalue weighted by molar-refractivity contribution is -0.121. The quantitative estimate of drug-likeness (QED) is 0.712. The van der Waals surface area contributed by atoms with Gasteiger partial charge in [0.1, 0.15) is 11.5 Å². The fraction of sp³-hybridized carbons (Fsp3) is 0.190. The standard InChI is InChI=1S/C21H21NO3/c1-15-9-10-20(23)19(12-15)18(16-6-3-2-4-7-16)13-21(24)22-14-17-8-5-11-25-17/h2-12,18,23H,13-14H2,1H3,(H,22,24). The van der Waals surface area contributed by atoms with E-state index in [-0.39, 0.29) is 24.0 Å². The molecule has 0 radical (unpaired) electrons. The molecule has 1 unspecified atom stereocenters. The third-order valence-corrected chi connectivity index (χ3v) is 4.19. The van der Waals surface area contributed by atoms with E-state index in [1.165, 1.54) is 0 Å². The average Bonchev–Trinajstić information content (AvgIpc) is 3.14. The average molecular weight is 335 g/mol. The van der Waals surface area contributed by atoms with E-state index in [1.807, 2.05) is 55.5 Å². The van der Waals surface area contributed by atoms with E-state index in [0.717, 1.165) is 16.7 Å². The first-order valence-electron chi connectivity index (χ1n) is 8.27. The van der Waals surface area contributed by atoms with Gasteiger partial charge in [0.05, 0.1) is 12.8 Å². The Morgan fingerprint density at radius 1 is 1.12 bits per heavy atom. The van der Waals surface area contributed by atoms with Gasteiger partial charge >= 0.3 is 0 Å². The molecule has 2 aromatic carbocycles. The van der Waals surface area contributed by atoms with Crippen LogP contribution >= 0.6 is 0 Å². The van der Waals surface area contributed by atoms with Crippen LogP contribution in [0.15, 0.2) is 71.3 Å². The highest BCUT2D eigenvalue weighted by Crippen LogP contribution is 2.34. The number of hydrogen-bond acceptors (Lipinski definition) is 3. The van der Waals surface area contributed by atoms with Crippen molar-refractivity contribution in [3.63, 3.8) is 0 Å². The number of carbonyl (C=O) groups is 1. The molecule has 0 aliphatic carbocycles. The molecule has 1 aromatic heterocycles. The summed E-state index contributed by atoms with van der Waals surface area (Å²) >= 11 is 0. The van der Waals surface area contributed by atoms with Gasteiger partial charge in [0.15, 0.2) is 0 Å². The van der Waals surface area contributed by atoms with Gasteiger partial charge in [0, 0.05) is 17.9 Å². The minimum absolute atomic E-state index is 0.0915. The van der Waals surface area contributed by atoms with Crippen LogP contribution in [0.5, 0.6) is 5.75 Å². The van der Waals surface area contributed by atoms with E-state index in [2.05, 4.69) is 5.32 Å². The molecule has 2 N–H and O–H groups in total. The van der Waals surface area contributed by atoms with Crippen LogP contribution in [0.2, 0.25) is 0 Å². The molecule has 3 rings (SSSR count). The summed E-state index contributed by atoms with van der Waals surface area (Å²) in [6.45, 7) is 2.33. The third kappa shape index (κ3) is 4.29. The molecule has 4 heteroatoms. The first kappa shape index (κ1) is 16.8. The monoisotopic (exact) mass is 335 g/mol. The molecule has 4 nitrogen and oxygen atoms in total. The summed E-state index contributed by atoms with van der Waals surface area (Å²) in [5.41, 5.74) is 2.81. The summed E-state index contributed by atoms with van der Waals surface area (Å²) in [5.74, 6) is 0.616. The highest BCUT2D eigenvalue weighted by atomic mass is 16.3. The normalized spacial score (nSPS) is 11.9. The van der Waals surface area contributed by atoms with Crippen LogP contribution in [-0.2, 0) is 11.3 Å². The van der Waals surface area contributed by atoms with Crippen molar-refractivity contribution >= 4 is 5.91 Å². The van der Waals surface area contributed by atoms with Crippen molar-refractivity contribution in [2.24, 2.45) is 0 Å². The fourth-order valence-electron chi connectivity index (χ4n) is 2.90. The van der Waals surface area contributed by atoms with Crippen LogP contribution < -0.4 is 5.32 Å². The topological polar surface area (TPSA) is 62.5 Å². The lowest BCUT2D eigenvalue weighted by Gasteiger charge is -2.19. The van der Waals surface area contributed by atoms with Crippen molar-refractivity contribution in [1.29, 1.82) is 0 Å². The second kappa shape index (κ2) is 7.71. The Bertz CT molecular complexity index is 826. The van der Waals surface area contributed by atoms with Crippen molar-refractivity contribution < 1.29 is 14.3 Å². The van der Waals surface area contributed by atoms with E-state index in [4.69, 9.17) is 4.42 Å². The predicted molar refractivity (Wildman–Crippen MR) is 96.3 cm³/mol. The van der Waals surface area contributed by atoms with Gasteiger partial charge in [-0.05, 0) is 30.7 Å². The molecule has 0 bridgehead atoms. The number of benzene rings is 2. The Hall–Kier alpha value is -3.01. The minimum atomic E-state index is -0.210. The molecule has 0 saturated carbocycles. The molecular weight excluding hydrogens is 314 g/mol. The number of furan rings is 1. The number of hydrogen-bond donors (Lipinski definition) is 2. The van der Waals surface area contributed by atoms with Crippen molar-refractivity contribution in [3.05, 3.63) is 89.4 Å². The maximum Gasteiger partial charge on any atom is 0.221 e. The molecular formula is C21H21NO3. The van der Waals surface area contributed by atoms with Crippen molar-refractivity contribution in [1.82, 2.24) is 5.32 Å². The number of rotatable bonds is 6. The molecule has 3 aromatic rings. The second-order valence-corrected chi connectivity index (χ2v) is 6.09. The fourth-order valence-corrected chi connectivity index (χ4v) is 2.90. The molecule has 0 aliphatic rings. The zero-order chi connectivity index (χ0) is 17.6. The van der Waals surface area contributed by atoms with Crippen molar-refractivity contribution in [3.8, 4) is 5.75 Å². The van der Waals surface area contributed by atoms with E-state index in [9.17, 15) is 9.90 Å². The molecule has 1 amide bonds. The van der Waals surface area contributed by atoms with Crippen LogP contribution in [-0.4, -0.2) is 11.0 Å². The number of phenols is 1. The van der Waals surface area contributed by atoms with Crippen LogP contribution in [0.3, 0.4) is 0 Å². The van der Waals surface area contributed by atoms with E-state index >= 15 is 0 Å². The Labute approximate surface area is 147 Å². The van der Waals surface area contributed by atoms with Gasteiger partial charge in [-0.2, -0.15) is 0 Å². The van der Waals surface area contributed by atoms with Gasteiger partial charge in [0.25, 0.3) is 0 Å². The number of phenolic OH excluding ortho intramolecular Hbond substituents is 1. The number of carbonyl (C=O) groups excluding carboxylic acids is 1. The highest BCUT2D eigenvalue weighted by Gasteiger charge is 2.21. The molecule has 0 saturated heterocycles. The predicted octanol–water partition coefficient (Wildman–Crippen LogP) is 4.13. The number of amides is 1. The van der Waals surface area contributed by atoms with Crippen LogP contribution in [0.1, 0.15) is 34.8 Å². The summed E-state index contributed by atoms with van der Waals surface area (Å²) in [4.78, 5) is 12.5. The molecule has 1 heterocycles. The summed E-state index contributed by atoms with van der Waals surface area (Å²) in [6, 6.07) is 18.9. The zero-order valence-corrected chi connectivity index (χ0v) is 14.1. The van der Waals surface area contributed by atoms with Crippen LogP contribution in [0, 0.1) is 6.92 Å². The lowest BCUT2D eigenvalue weighted by atomic mass is 9.87. The van der Waals surface area contributed by atoms with Crippen molar-refractivity contribution in [2.75, 3.05) is 0 Å². The van der Waals surface area contributed by atoms with E-state index in [1.54, 1.807) is 18.4 Å². The van der Waals surface area contributed by atoms with E-state index in [0.29, 0.717) is 12.3 Å². The van der Waals surface area contributed by atoms with Crippen LogP contribution in [0.25, 0.3) is 0 Å². The minimum Gasteiger partial charge on any atom is -0.508 e. The van der Waals surface area contributed by atoms with Gasteiger partial charge in [-0.1, -0.05) is 48.0 Å². The second-order valence-electron chi connectivity index (χ2n) is 6.09. The number of aromatic hydroxyl groups is 1. The SMILES string of the molecule is Cc1ccc(O)c(C(CC(=O)NCc2ccco2)c2ccccc2)c1. The zero-order valence-electron chi connectivity index (χ0n) is 14.1. The van der Waals surface area contributed by atoms with Gasteiger partial charge in [0.2, 0.25) is 5.91 Å². The summed E-state index contributed by atoms with van der Waals surface area (Å²) in [7, 11) is 0. The first-order valence-corrected chi connectivity index (χ1v) is 8.27. The first-order chi connectivity index (χ1) is 12.1. The molecule has 0 spiro atoms. The smallest absolute Gasteiger partial charge is 0.221 e. The van der Waals surface area contributed by atoms with Gasteiger partial charge in [-0.3, -0.25) is 4.79 Å². The maximum atomic E-state index is 12.5. The molecule has 0 aliphatic heterocycles. The van der Waals surface area contributed by atoms with Gasteiger partial charge in [-0.15, -0.1) is 0 Å². The van der Waals surface area contributed by atoms with Crippen molar-refractivity contribution in [2.45, 2.75) is 25.8 Å². The van der Waals surface area contributed by atoms with E-state index < -0.39 is 0 Å². The lowest BCUT2D eigenvalue weighted by Crippen LogP contribution is -2.24. The van der Waals surface area contributed by atoms with Gasteiger partial charge < -0.3 is 14.8 Å². The Morgan fingerprint density at radius 3 is 2.64 bits per heavy atom.